The number of anilines is 3. The number of benzene rings is 2. The van der Waals surface area contributed by atoms with Gasteiger partial charge in [-0.3, -0.25) is 9.69 Å². The first kappa shape index (κ1) is 31.5. The third-order valence-electron chi connectivity index (χ3n) is 8.83. The van der Waals surface area contributed by atoms with Crippen LogP contribution < -0.4 is 15.5 Å². The van der Waals surface area contributed by atoms with Crippen molar-refractivity contribution in [1.82, 2.24) is 0 Å². The molecule has 2 aliphatic carbocycles. The van der Waals surface area contributed by atoms with Gasteiger partial charge in [0.1, 0.15) is 11.1 Å². The lowest BCUT2D eigenvalue weighted by molar-refractivity contribution is -0.115. The monoisotopic (exact) mass is 654 g/mol. The van der Waals surface area contributed by atoms with Crippen LogP contribution in [0.15, 0.2) is 82.6 Å². The van der Waals surface area contributed by atoms with Gasteiger partial charge in [0, 0.05) is 20.4 Å². The van der Waals surface area contributed by atoms with Crippen LogP contribution in [0.3, 0.4) is 0 Å². The maximum atomic E-state index is 13.8. The minimum Gasteiger partial charge on any atom is -0.316 e. The fraction of sp³-hybridized carbons (Fsp3) is 0.361. The first-order chi connectivity index (χ1) is 21.7. The highest BCUT2D eigenvalue weighted by Gasteiger charge is 2.37. The molecule has 4 unspecified atom stereocenters. The van der Waals surface area contributed by atoms with E-state index >= 15 is 0 Å². The summed E-state index contributed by atoms with van der Waals surface area (Å²) in [4.78, 5) is 32.4. The molecule has 6 rings (SSSR count). The molecular weight excluding hydrogens is 617 g/mol. The number of thioether (sulfide) groups is 2. The molecule has 9 heteroatoms. The number of nitriles is 1. The zero-order valence-corrected chi connectivity index (χ0v) is 28.5. The summed E-state index contributed by atoms with van der Waals surface area (Å²) in [5, 5.41) is 16.7. The van der Waals surface area contributed by atoms with E-state index in [1.807, 2.05) is 66.4 Å². The molecule has 4 atom stereocenters. The zero-order chi connectivity index (χ0) is 31.7. The van der Waals surface area contributed by atoms with Crippen molar-refractivity contribution in [2.24, 2.45) is 11.3 Å². The van der Waals surface area contributed by atoms with E-state index < -0.39 is 0 Å². The molecule has 0 spiro atoms. The van der Waals surface area contributed by atoms with Gasteiger partial charge < -0.3 is 10.6 Å². The van der Waals surface area contributed by atoms with E-state index in [9.17, 15) is 14.9 Å². The van der Waals surface area contributed by atoms with Crippen molar-refractivity contribution in [2.75, 3.05) is 15.5 Å². The maximum absolute atomic E-state index is 13.8. The van der Waals surface area contributed by atoms with E-state index in [0.717, 1.165) is 40.3 Å². The Hall–Kier alpha value is -3.45. The largest absolute Gasteiger partial charge is 0.326 e. The van der Waals surface area contributed by atoms with Gasteiger partial charge in [0.25, 0.3) is 0 Å². The summed E-state index contributed by atoms with van der Waals surface area (Å²) in [7, 11) is 0. The predicted molar refractivity (Wildman–Crippen MR) is 189 cm³/mol. The minimum atomic E-state index is -0.352. The molecule has 0 bridgehead atoms. The molecule has 2 heterocycles. The van der Waals surface area contributed by atoms with Crippen molar-refractivity contribution in [3.8, 4) is 6.07 Å². The molecule has 3 amide bonds. The number of nitrogens with one attached hydrogen (secondary N) is 2. The standard InChI is InChI=1S/C36H38N4O2S3/c1-5-29(33(41)39-34-26(21-37)25-18-17-22(36(2,3)4)19-32(25)45-34)43-24-12-10-11-23(20-24)38-35(42)40-27-13-6-8-15-30(27)44-31-16-9-7-14-28(31)40/h6-16,20,22,27,29-30H,5,17-19H2,1-4H3,(H,38,42)(H,39,41). The molecule has 2 aromatic carbocycles. The van der Waals surface area contributed by atoms with Crippen molar-refractivity contribution >= 4 is 63.2 Å². The SMILES string of the molecule is CCC(Sc1cccc(NC(=O)N2c3ccccc3SC3C=CC=CC32)c1)C(=O)Nc1sc2c(c1C#N)CCC(C(C)(C)C)C2. The van der Waals surface area contributed by atoms with E-state index in [2.05, 4.69) is 55.7 Å². The Morgan fingerprint density at radius 2 is 1.91 bits per heavy atom. The topological polar surface area (TPSA) is 85.2 Å². The van der Waals surface area contributed by atoms with Crippen molar-refractivity contribution in [3.63, 3.8) is 0 Å². The summed E-state index contributed by atoms with van der Waals surface area (Å²) in [6.45, 7) is 8.83. The van der Waals surface area contributed by atoms with E-state index in [1.165, 1.54) is 16.6 Å². The third-order valence-corrected chi connectivity index (χ3v) is 12.7. The van der Waals surface area contributed by atoms with Crippen molar-refractivity contribution in [1.29, 1.82) is 5.26 Å². The number of para-hydroxylation sites is 1. The highest BCUT2D eigenvalue weighted by Crippen LogP contribution is 2.45. The number of urea groups is 1. The second-order valence-corrected chi connectivity index (χ2v) is 16.4. The number of rotatable bonds is 6. The number of thiophene rings is 1. The molecule has 0 saturated carbocycles. The average Bonchev–Trinajstić information content (AvgIpc) is 3.38. The van der Waals surface area contributed by atoms with E-state index in [1.54, 1.807) is 23.1 Å². The Morgan fingerprint density at radius 3 is 2.69 bits per heavy atom. The van der Waals surface area contributed by atoms with Crippen LogP contribution in [0.25, 0.3) is 0 Å². The Labute approximate surface area is 278 Å². The molecule has 0 fully saturated rings. The van der Waals surface area contributed by atoms with Crippen LogP contribution >= 0.6 is 34.9 Å². The summed E-state index contributed by atoms with van der Waals surface area (Å²) in [5.41, 5.74) is 3.52. The highest BCUT2D eigenvalue weighted by molar-refractivity contribution is 8.00. The molecule has 0 saturated heterocycles. The van der Waals surface area contributed by atoms with Crippen molar-refractivity contribution in [2.45, 2.75) is 79.7 Å². The molecule has 45 heavy (non-hydrogen) atoms. The zero-order valence-electron chi connectivity index (χ0n) is 26.0. The lowest BCUT2D eigenvalue weighted by Gasteiger charge is -2.40. The van der Waals surface area contributed by atoms with Crippen molar-refractivity contribution < 1.29 is 9.59 Å². The quantitative estimate of drug-likeness (QED) is 0.259. The van der Waals surface area contributed by atoms with Gasteiger partial charge in [-0.15, -0.1) is 34.9 Å². The lowest BCUT2D eigenvalue weighted by atomic mass is 9.72. The lowest BCUT2D eigenvalue weighted by Crippen LogP contribution is -2.49. The van der Waals surface area contributed by atoms with Crippen LogP contribution in [-0.4, -0.2) is 28.5 Å². The normalized spacial score (nSPS) is 20.8. The molecule has 3 aromatic rings. The summed E-state index contributed by atoms with van der Waals surface area (Å²) < 4.78 is 0. The van der Waals surface area contributed by atoms with Gasteiger partial charge in [0.2, 0.25) is 5.91 Å². The molecule has 1 aromatic heterocycles. The Balaban J connectivity index is 1.15. The smallest absolute Gasteiger partial charge is 0.316 e. The number of hydrogen-bond donors (Lipinski definition) is 2. The minimum absolute atomic E-state index is 0.0822. The molecule has 2 N–H and O–H groups in total. The molecule has 3 aliphatic rings. The van der Waals surface area contributed by atoms with Crippen LogP contribution in [0.5, 0.6) is 0 Å². The number of allylic oxidation sites excluding steroid dienone is 2. The van der Waals surface area contributed by atoms with Crippen LogP contribution in [0, 0.1) is 22.7 Å². The fourth-order valence-electron chi connectivity index (χ4n) is 6.27. The Bertz CT molecular complexity index is 1710. The van der Waals surface area contributed by atoms with Gasteiger partial charge in [-0.1, -0.05) is 70.2 Å². The molecule has 1 aliphatic heterocycles. The van der Waals surface area contributed by atoms with Crippen molar-refractivity contribution in [3.05, 3.63) is 88.8 Å². The van der Waals surface area contributed by atoms with Gasteiger partial charge in [-0.25, -0.2) is 4.79 Å². The van der Waals surface area contributed by atoms with Gasteiger partial charge in [-0.05, 0) is 72.9 Å². The number of carbonyl (C=O) groups is 2. The highest BCUT2D eigenvalue weighted by atomic mass is 32.2. The molecule has 0 radical (unpaired) electrons. The van der Waals surface area contributed by atoms with Crippen LogP contribution in [0.4, 0.5) is 21.2 Å². The van der Waals surface area contributed by atoms with Crippen LogP contribution in [-0.2, 0) is 17.6 Å². The van der Waals surface area contributed by atoms with Crippen LogP contribution in [0.1, 0.15) is 56.5 Å². The van der Waals surface area contributed by atoms with Gasteiger partial charge in [-0.2, -0.15) is 5.26 Å². The summed E-state index contributed by atoms with van der Waals surface area (Å²) >= 11 is 4.82. The third kappa shape index (κ3) is 6.60. The average molecular weight is 655 g/mol. The van der Waals surface area contributed by atoms with Gasteiger partial charge in [0.05, 0.1) is 27.8 Å². The van der Waals surface area contributed by atoms with Crippen LogP contribution in [0.2, 0.25) is 0 Å². The summed E-state index contributed by atoms with van der Waals surface area (Å²) in [6, 6.07) is 17.8. The number of carbonyl (C=O) groups excluding carboxylic acids is 2. The summed E-state index contributed by atoms with van der Waals surface area (Å²) in [5.74, 6) is 0.455. The summed E-state index contributed by atoms with van der Waals surface area (Å²) in [6.07, 6.45) is 11.8. The number of amides is 3. The molecular formula is C36H38N4O2S3. The fourth-order valence-corrected chi connectivity index (χ4v) is 9.82. The molecule has 232 valence electrons. The van der Waals surface area contributed by atoms with E-state index in [-0.39, 0.29) is 33.9 Å². The van der Waals surface area contributed by atoms with Gasteiger partial charge in [0.15, 0.2) is 0 Å². The van der Waals surface area contributed by atoms with Gasteiger partial charge >= 0.3 is 6.03 Å². The first-order valence-corrected chi connectivity index (χ1v) is 18.1. The number of fused-ring (bicyclic) bond motifs is 3. The second kappa shape index (κ2) is 13.1. The first-order valence-electron chi connectivity index (χ1n) is 15.5. The molecule has 6 nitrogen and oxygen atoms in total. The maximum Gasteiger partial charge on any atom is 0.326 e. The van der Waals surface area contributed by atoms with E-state index in [0.29, 0.717) is 28.6 Å². The Morgan fingerprint density at radius 1 is 1.11 bits per heavy atom. The number of hydrogen-bond acceptors (Lipinski definition) is 6. The Kier molecular flexibility index (Phi) is 9.19. The number of nitrogens with zero attached hydrogens (tertiary/aromatic N) is 2. The predicted octanol–water partition coefficient (Wildman–Crippen LogP) is 9.29. The second-order valence-electron chi connectivity index (χ2n) is 12.8. The van der Waals surface area contributed by atoms with E-state index in [4.69, 9.17) is 0 Å².